The number of ketones is 2. The number of hydrogen-bond acceptors (Lipinski definition) is 5. The highest BCUT2D eigenvalue weighted by atomic mass is 16.5. The van der Waals surface area contributed by atoms with Crippen molar-refractivity contribution in [3.8, 4) is 11.5 Å². The molecule has 0 bridgehead atoms. The average Bonchev–Trinajstić information content (AvgIpc) is 2.80. The molecule has 2 N–H and O–H groups in total. The standard InChI is InChI=1S/C25H23NO5/c1-31-22-12-4-17(5-13-22)14-15-26-25(30)23(28)16-18-2-6-19(7-3-18)24(29)20-8-10-21(27)11-9-20/h2-13,27H,14-16H2,1H3,(H,26,30). The molecular weight excluding hydrogens is 394 g/mol. The maximum Gasteiger partial charge on any atom is 0.287 e. The van der Waals surface area contributed by atoms with Gasteiger partial charge in [-0.2, -0.15) is 0 Å². The summed E-state index contributed by atoms with van der Waals surface area (Å²) < 4.78 is 5.10. The molecule has 3 aromatic rings. The van der Waals surface area contributed by atoms with Crippen LogP contribution in [0.1, 0.15) is 27.0 Å². The van der Waals surface area contributed by atoms with Gasteiger partial charge in [-0.15, -0.1) is 0 Å². The second-order valence-electron chi connectivity index (χ2n) is 7.03. The van der Waals surface area contributed by atoms with E-state index in [0.29, 0.717) is 29.7 Å². The lowest BCUT2D eigenvalue weighted by Gasteiger charge is -2.07. The normalized spacial score (nSPS) is 10.4. The van der Waals surface area contributed by atoms with Crippen LogP contribution in [-0.2, 0) is 22.4 Å². The minimum absolute atomic E-state index is 0.0396. The molecule has 0 aliphatic carbocycles. The van der Waals surface area contributed by atoms with Crippen LogP contribution in [0.4, 0.5) is 0 Å². The average molecular weight is 417 g/mol. The third-order valence-corrected chi connectivity index (χ3v) is 4.82. The number of nitrogens with one attached hydrogen (secondary N) is 1. The van der Waals surface area contributed by atoms with Crippen molar-refractivity contribution >= 4 is 17.5 Å². The van der Waals surface area contributed by atoms with Crippen molar-refractivity contribution in [1.82, 2.24) is 5.32 Å². The van der Waals surface area contributed by atoms with Gasteiger partial charge in [0.2, 0.25) is 5.78 Å². The maximum atomic E-state index is 12.5. The third-order valence-electron chi connectivity index (χ3n) is 4.82. The lowest BCUT2D eigenvalue weighted by Crippen LogP contribution is -2.33. The summed E-state index contributed by atoms with van der Waals surface area (Å²) in [4.78, 5) is 36.7. The number of benzene rings is 3. The number of methoxy groups -OCH3 is 1. The summed E-state index contributed by atoms with van der Waals surface area (Å²) in [6.45, 7) is 0.358. The van der Waals surface area contributed by atoms with Gasteiger partial charge in [0.25, 0.3) is 5.91 Å². The van der Waals surface area contributed by atoms with E-state index in [1.54, 1.807) is 43.5 Å². The molecule has 0 radical (unpaired) electrons. The molecule has 31 heavy (non-hydrogen) atoms. The molecule has 6 heteroatoms. The lowest BCUT2D eigenvalue weighted by molar-refractivity contribution is -0.137. The SMILES string of the molecule is COc1ccc(CCNC(=O)C(=O)Cc2ccc(C(=O)c3ccc(O)cc3)cc2)cc1. The Hall–Kier alpha value is -3.93. The van der Waals surface area contributed by atoms with E-state index in [1.165, 1.54) is 12.1 Å². The van der Waals surface area contributed by atoms with Crippen LogP contribution in [0, 0.1) is 0 Å². The van der Waals surface area contributed by atoms with Gasteiger partial charge >= 0.3 is 0 Å². The van der Waals surface area contributed by atoms with Crippen molar-refractivity contribution in [1.29, 1.82) is 0 Å². The number of Topliss-reactive ketones (excluding diaryl/α,β-unsaturated/α-hetero) is 1. The Morgan fingerprint density at radius 1 is 0.806 bits per heavy atom. The molecule has 0 atom stereocenters. The first-order chi connectivity index (χ1) is 15.0. The number of carbonyl (C=O) groups is 3. The van der Waals surface area contributed by atoms with Gasteiger partial charge in [0.15, 0.2) is 5.78 Å². The Morgan fingerprint density at radius 2 is 1.35 bits per heavy atom. The van der Waals surface area contributed by atoms with Crippen molar-refractivity contribution < 1.29 is 24.2 Å². The van der Waals surface area contributed by atoms with Gasteiger partial charge < -0.3 is 15.2 Å². The molecule has 6 nitrogen and oxygen atoms in total. The van der Waals surface area contributed by atoms with Gasteiger partial charge in [0, 0.05) is 24.1 Å². The monoisotopic (exact) mass is 417 g/mol. The summed E-state index contributed by atoms with van der Waals surface area (Å²) in [7, 11) is 1.60. The fraction of sp³-hybridized carbons (Fsp3) is 0.160. The van der Waals surface area contributed by atoms with Crippen molar-refractivity contribution in [2.24, 2.45) is 0 Å². The Labute approximate surface area is 180 Å². The van der Waals surface area contributed by atoms with Crippen LogP contribution >= 0.6 is 0 Å². The first-order valence-electron chi connectivity index (χ1n) is 9.83. The number of rotatable bonds is 9. The van der Waals surface area contributed by atoms with Gasteiger partial charge in [-0.1, -0.05) is 36.4 Å². The fourth-order valence-corrected chi connectivity index (χ4v) is 3.03. The largest absolute Gasteiger partial charge is 0.508 e. The van der Waals surface area contributed by atoms with Crippen molar-refractivity contribution in [3.05, 3.63) is 95.1 Å². The number of phenolic OH excluding ortho intramolecular Hbond substituents is 1. The Morgan fingerprint density at radius 3 is 1.94 bits per heavy atom. The predicted molar refractivity (Wildman–Crippen MR) is 116 cm³/mol. The van der Waals surface area contributed by atoms with Gasteiger partial charge in [0.1, 0.15) is 11.5 Å². The van der Waals surface area contributed by atoms with Crippen LogP contribution in [0.15, 0.2) is 72.8 Å². The highest BCUT2D eigenvalue weighted by molar-refractivity contribution is 6.36. The predicted octanol–water partition coefficient (Wildman–Crippen LogP) is 3.10. The van der Waals surface area contributed by atoms with Gasteiger partial charge in [-0.05, 0) is 53.9 Å². The number of ether oxygens (including phenoxy) is 1. The number of carbonyl (C=O) groups excluding carboxylic acids is 3. The zero-order valence-electron chi connectivity index (χ0n) is 17.1. The van der Waals surface area contributed by atoms with Crippen LogP contribution in [0.25, 0.3) is 0 Å². The van der Waals surface area contributed by atoms with E-state index in [4.69, 9.17) is 4.74 Å². The van der Waals surface area contributed by atoms with Crippen LogP contribution in [-0.4, -0.2) is 36.2 Å². The topological polar surface area (TPSA) is 92.7 Å². The van der Waals surface area contributed by atoms with E-state index >= 15 is 0 Å². The Balaban J connectivity index is 1.49. The summed E-state index contributed by atoms with van der Waals surface area (Å²) in [6, 6.07) is 20.1. The van der Waals surface area contributed by atoms with E-state index in [-0.39, 0.29) is 18.0 Å². The summed E-state index contributed by atoms with van der Waals surface area (Å²) in [5, 5.41) is 12.0. The molecule has 158 valence electrons. The summed E-state index contributed by atoms with van der Waals surface area (Å²) in [5.74, 6) is -0.495. The van der Waals surface area contributed by atoms with E-state index in [1.807, 2.05) is 24.3 Å². The zero-order chi connectivity index (χ0) is 22.2. The minimum Gasteiger partial charge on any atom is -0.508 e. The van der Waals surface area contributed by atoms with Gasteiger partial charge in [0.05, 0.1) is 7.11 Å². The Bertz CT molecular complexity index is 1050. The van der Waals surface area contributed by atoms with Crippen molar-refractivity contribution in [2.45, 2.75) is 12.8 Å². The van der Waals surface area contributed by atoms with E-state index < -0.39 is 11.7 Å². The molecule has 0 aliphatic heterocycles. The molecule has 3 aromatic carbocycles. The summed E-state index contributed by atoms with van der Waals surface area (Å²) >= 11 is 0. The van der Waals surface area contributed by atoms with E-state index in [2.05, 4.69) is 5.32 Å². The lowest BCUT2D eigenvalue weighted by atomic mass is 10.0. The quantitative estimate of drug-likeness (QED) is 0.412. The number of aromatic hydroxyl groups is 1. The summed E-state index contributed by atoms with van der Waals surface area (Å²) in [5.41, 5.74) is 2.60. The van der Waals surface area contributed by atoms with Crippen molar-refractivity contribution in [2.75, 3.05) is 13.7 Å². The maximum absolute atomic E-state index is 12.5. The highest BCUT2D eigenvalue weighted by Gasteiger charge is 2.15. The van der Waals surface area contributed by atoms with Crippen LogP contribution in [0.5, 0.6) is 11.5 Å². The first-order valence-corrected chi connectivity index (χ1v) is 9.83. The number of phenols is 1. The molecular formula is C25H23NO5. The van der Waals surface area contributed by atoms with Gasteiger partial charge in [-0.3, -0.25) is 14.4 Å². The second-order valence-corrected chi connectivity index (χ2v) is 7.03. The molecule has 0 heterocycles. The molecule has 0 aromatic heterocycles. The molecule has 0 aliphatic rings. The molecule has 1 amide bonds. The smallest absolute Gasteiger partial charge is 0.287 e. The van der Waals surface area contributed by atoms with E-state index in [9.17, 15) is 19.5 Å². The second kappa shape index (κ2) is 10.2. The molecule has 0 unspecified atom stereocenters. The highest BCUT2D eigenvalue weighted by Crippen LogP contribution is 2.15. The molecule has 3 rings (SSSR count). The van der Waals surface area contributed by atoms with Gasteiger partial charge in [-0.25, -0.2) is 0 Å². The first kappa shape index (κ1) is 21.8. The fourth-order valence-electron chi connectivity index (χ4n) is 3.03. The molecule has 0 fully saturated rings. The van der Waals surface area contributed by atoms with Crippen molar-refractivity contribution in [3.63, 3.8) is 0 Å². The number of hydrogen-bond donors (Lipinski definition) is 2. The zero-order valence-corrected chi connectivity index (χ0v) is 17.1. The van der Waals surface area contributed by atoms with Crippen LogP contribution in [0.3, 0.4) is 0 Å². The van der Waals surface area contributed by atoms with Crippen LogP contribution < -0.4 is 10.1 Å². The third kappa shape index (κ3) is 6.02. The Kier molecular flexibility index (Phi) is 7.17. The van der Waals surface area contributed by atoms with Crippen LogP contribution in [0.2, 0.25) is 0 Å². The molecule has 0 saturated carbocycles. The minimum atomic E-state index is -0.627. The number of amides is 1. The van der Waals surface area contributed by atoms with E-state index in [0.717, 1.165) is 11.3 Å². The molecule has 0 saturated heterocycles. The summed E-state index contributed by atoms with van der Waals surface area (Å²) in [6.07, 6.45) is 0.569. The molecule has 0 spiro atoms.